The molecule has 0 saturated heterocycles. The number of nitrogens with zero attached hydrogens (tertiary/aromatic N) is 1. The number of amides is 1. The molecule has 3 heteroatoms. The number of nitriles is 1. The van der Waals surface area contributed by atoms with Crippen molar-refractivity contribution in [1.82, 2.24) is 5.32 Å². The highest BCUT2D eigenvalue weighted by molar-refractivity contribution is 5.80. The summed E-state index contributed by atoms with van der Waals surface area (Å²) in [6.45, 7) is 4.41. The van der Waals surface area contributed by atoms with Gasteiger partial charge in [-0.1, -0.05) is 13.3 Å². The second-order valence-corrected chi connectivity index (χ2v) is 2.36. The fraction of sp³-hybridized carbons (Fsp3) is 0.750. The first kappa shape index (κ1) is 9.96. The van der Waals surface area contributed by atoms with E-state index in [1.54, 1.807) is 0 Å². The lowest BCUT2D eigenvalue weighted by molar-refractivity contribution is -0.123. The molecule has 0 saturated carbocycles. The largest absolute Gasteiger partial charge is 0.355 e. The van der Waals surface area contributed by atoms with E-state index in [0.29, 0.717) is 13.0 Å². The molecule has 0 aromatic heterocycles. The van der Waals surface area contributed by atoms with Crippen molar-refractivity contribution in [3.63, 3.8) is 0 Å². The number of hydrogen-bond acceptors (Lipinski definition) is 2. The summed E-state index contributed by atoms with van der Waals surface area (Å²) < 4.78 is 0. The van der Waals surface area contributed by atoms with Crippen LogP contribution < -0.4 is 5.32 Å². The van der Waals surface area contributed by atoms with E-state index in [-0.39, 0.29) is 5.91 Å². The lowest BCUT2D eigenvalue weighted by Gasteiger charge is -2.05. The van der Waals surface area contributed by atoms with Crippen LogP contribution in [0.2, 0.25) is 0 Å². The highest BCUT2D eigenvalue weighted by Gasteiger charge is 2.14. The van der Waals surface area contributed by atoms with Gasteiger partial charge in [0.15, 0.2) is 0 Å². The van der Waals surface area contributed by atoms with Gasteiger partial charge in [0.25, 0.3) is 0 Å². The minimum absolute atomic E-state index is 0.142. The summed E-state index contributed by atoms with van der Waals surface area (Å²) in [5.41, 5.74) is 0. The van der Waals surface area contributed by atoms with Gasteiger partial charge in [0.05, 0.1) is 6.07 Å². The summed E-state index contributed by atoms with van der Waals surface area (Å²) in [7, 11) is 0. The number of carbonyl (C=O) groups excluding carboxylic acids is 1. The highest BCUT2D eigenvalue weighted by Crippen LogP contribution is 2.03. The van der Waals surface area contributed by atoms with Gasteiger partial charge in [0.2, 0.25) is 5.91 Å². The Hall–Kier alpha value is -1.04. The van der Waals surface area contributed by atoms with Crippen LogP contribution in [0.4, 0.5) is 0 Å². The number of hydrogen-bond donors (Lipinski definition) is 1. The summed E-state index contributed by atoms with van der Waals surface area (Å²) in [5, 5.41) is 11.2. The molecule has 1 N–H and O–H groups in total. The zero-order chi connectivity index (χ0) is 8.69. The second-order valence-electron chi connectivity index (χ2n) is 2.36. The van der Waals surface area contributed by atoms with E-state index >= 15 is 0 Å². The molecule has 0 rings (SSSR count). The Labute approximate surface area is 67.4 Å². The molecule has 0 heterocycles. The molecular formula is C8H14N2O. The van der Waals surface area contributed by atoms with Crippen molar-refractivity contribution in [3.8, 4) is 6.07 Å². The van der Waals surface area contributed by atoms with Gasteiger partial charge in [0.1, 0.15) is 5.92 Å². The Morgan fingerprint density at radius 2 is 2.27 bits per heavy atom. The summed E-state index contributed by atoms with van der Waals surface area (Å²) in [5.74, 6) is -0.600. The molecule has 1 atom stereocenters. The van der Waals surface area contributed by atoms with Crippen LogP contribution in [0.3, 0.4) is 0 Å². The highest BCUT2D eigenvalue weighted by atomic mass is 16.1. The van der Waals surface area contributed by atoms with Crippen molar-refractivity contribution in [2.24, 2.45) is 5.92 Å². The number of rotatable bonds is 4. The Morgan fingerprint density at radius 1 is 1.64 bits per heavy atom. The molecule has 0 aromatic carbocycles. The summed E-state index contributed by atoms with van der Waals surface area (Å²) in [4.78, 5) is 11.0. The quantitative estimate of drug-likeness (QED) is 0.658. The third kappa shape index (κ3) is 3.61. The van der Waals surface area contributed by atoms with Crippen molar-refractivity contribution >= 4 is 5.91 Å². The maximum Gasteiger partial charge on any atom is 0.237 e. The Morgan fingerprint density at radius 3 is 2.64 bits per heavy atom. The van der Waals surface area contributed by atoms with Gasteiger partial charge in [-0.3, -0.25) is 4.79 Å². The first-order valence-corrected chi connectivity index (χ1v) is 3.93. The van der Waals surface area contributed by atoms with Gasteiger partial charge < -0.3 is 5.32 Å². The van der Waals surface area contributed by atoms with Crippen molar-refractivity contribution < 1.29 is 4.79 Å². The molecule has 0 fully saturated rings. The van der Waals surface area contributed by atoms with Gasteiger partial charge >= 0.3 is 0 Å². The lowest BCUT2D eigenvalue weighted by Crippen LogP contribution is -2.29. The predicted octanol–water partition coefficient (Wildman–Crippen LogP) is 1.06. The first-order chi connectivity index (χ1) is 5.26. The van der Waals surface area contributed by atoms with Crippen LogP contribution in [0.15, 0.2) is 0 Å². The van der Waals surface area contributed by atoms with Gasteiger partial charge in [0, 0.05) is 6.54 Å². The molecule has 11 heavy (non-hydrogen) atoms. The lowest BCUT2D eigenvalue weighted by atomic mass is 10.1. The van der Waals surface area contributed by atoms with Gasteiger partial charge in [-0.05, 0) is 13.3 Å². The number of carbonyl (C=O) groups is 1. The molecule has 0 aliphatic carbocycles. The molecular weight excluding hydrogens is 140 g/mol. The van der Waals surface area contributed by atoms with E-state index in [1.165, 1.54) is 0 Å². The topological polar surface area (TPSA) is 52.9 Å². The Balaban J connectivity index is 3.84. The van der Waals surface area contributed by atoms with Crippen LogP contribution in [-0.4, -0.2) is 12.5 Å². The van der Waals surface area contributed by atoms with Crippen LogP contribution in [0.1, 0.15) is 26.7 Å². The monoisotopic (exact) mass is 154 g/mol. The zero-order valence-corrected chi connectivity index (χ0v) is 7.05. The SMILES string of the molecule is CCCC(C#N)C(=O)NCC. The van der Waals surface area contributed by atoms with E-state index in [1.807, 2.05) is 19.9 Å². The van der Waals surface area contributed by atoms with Crippen molar-refractivity contribution in [1.29, 1.82) is 5.26 Å². The molecule has 0 bridgehead atoms. The summed E-state index contributed by atoms with van der Waals surface area (Å²) in [6, 6.07) is 1.98. The van der Waals surface area contributed by atoms with Crippen molar-refractivity contribution in [2.45, 2.75) is 26.7 Å². The van der Waals surface area contributed by atoms with Gasteiger partial charge in [-0.25, -0.2) is 0 Å². The summed E-state index contributed by atoms with van der Waals surface area (Å²) in [6.07, 6.45) is 1.53. The Kier molecular flexibility index (Phi) is 5.18. The predicted molar refractivity (Wildman–Crippen MR) is 42.7 cm³/mol. The minimum atomic E-state index is -0.458. The third-order valence-corrected chi connectivity index (χ3v) is 1.40. The van der Waals surface area contributed by atoms with Gasteiger partial charge in [-0.15, -0.1) is 0 Å². The Bertz CT molecular complexity index is 160. The zero-order valence-electron chi connectivity index (χ0n) is 7.05. The third-order valence-electron chi connectivity index (χ3n) is 1.40. The van der Waals surface area contributed by atoms with E-state index in [0.717, 1.165) is 6.42 Å². The molecule has 0 aliphatic heterocycles. The first-order valence-electron chi connectivity index (χ1n) is 3.93. The maximum atomic E-state index is 11.0. The molecule has 0 radical (unpaired) electrons. The van der Waals surface area contributed by atoms with Crippen molar-refractivity contribution in [3.05, 3.63) is 0 Å². The summed E-state index contributed by atoms with van der Waals surface area (Å²) >= 11 is 0. The van der Waals surface area contributed by atoms with Crippen LogP contribution >= 0.6 is 0 Å². The standard InChI is InChI=1S/C8H14N2O/c1-3-5-7(6-9)8(11)10-4-2/h7H,3-5H2,1-2H3,(H,10,11). The average molecular weight is 154 g/mol. The van der Waals surface area contributed by atoms with E-state index in [9.17, 15) is 4.79 Å². The molecule has 62 valence electrons. The molecule has 1 amide bonds. The fourth-order valence-corrected chi connectivity index (χ4v) is 0.840. The molecule has 0 aromatic rings. The normalized spacial score (nSPS) is 11.7. The van der Waals surface area contributed by atoms with Gasteiger partial charge in [-0.2, -0.15) is 5.26 Å². The molecule has 3 nitrogen and oxygen atoms in total. The second kappa shape index (κ2) is 5.72. The smallest absolute Gasteiger partial charge is 0.237 e. The minimum Gasteiger partial charge on any atom is -0.355 e. The van der Waals surface area contributed by atoms with Crippen molar-refractivity contribution in [2.75, 3.05) is 6.54 Å². The van der Waals surface area contributed by atoms with E-state index < -0.39 is 5.92 Å². The molecule has 1 unspecified atom stereocenters. The molecule has 0 aliphatic rings. The maximum absolute atomic E-state index is 11.0. The fourth-order valence-electron chi connectivity index (χ4n) is 0.840. The number of nitrogens with one attached hydrogen (secondary N) is 1. The van der Waals surface area contributed by atoms with Crippen LogP contribution in [0.25, 0.3) is 0 Å². The van der Waals surface area contributed by atoms with E-state index in [2.05, 4.69) is 5.32 Å². The molecule has 0 spiro atoms. The average Bonchev–Trinajstić information content (AvgIpc) is 2.00. The van der Waals surface area contributed by atoms with E-state index in [4.69, 9.17) is 5.26 Å². The van der Waals surface area contributed by atoms with Crippen LogP contribution in [-0.2, 0) is 4.79 Å². The van der Waals surface area contributed by atoms with Crippen LogP contribution in [0.5, 0.6) is 0 Å². The van der Waals surface area contributed by atoms with Crippen LogP contribution in [0, 0.1) is 17.2 Å².